The zero-order valence-electron chi connectivity index (χ0n) is 39.0. The minimum absolute atomic E-state index is 0.0497. The fourth-order valence-corrected chi connectivity index (χ4v) is 7.31. The molecule has 0 spiro atoms. The van der Waals surface area contributed by atoms with Crippen LogP contribution in [0.2, 0.25) is 0 Å². The number of hydrogen-bond donors (Lipinski definition) is 3. The highest BCUT2D eigenvalue weighted by Gasteiger charge is 2.27. The van der Waals surface area contributed by atoms with Crippen LogP contribution in [0.5, 0.6) is 0 Å². The molecule has 0 aliphatic rings. The van der Waals surface area contributed by atoms with Gasteiger partial charge in [-0.25, -0.2) is 4.57 Å². The molecule has 344 valence electrons. The Morgan fingerprint density at radius 1 is 0.576 bits per heavy atom. The molecule has 3 atom stereocenters. The third-order valence-corrected chi connectivity index (χ3v) is 11.4. The largest absolute Gasteiger partial charge is 0.472 e. The third-order valence-electron chi connectivity index (χ3n) is 10.4. The quantitative estimate of drug-likeness (QED) is 0.0244. The molecule has 0 aromatic heterocycles. The Morgan fingerprint density at radius 3 is 1.49 bits per heavy atom. The summed E-state index contributed by atoms with van der Waals surface area (Å²) in [5.41, 5.74) is 0. The van der Waals surface area contributed by atoms with Gasteiger partial charge in [0.1, 0.15) is 13.2 Å². The molecule has 0 saturated heterocycles. The fraction of sp³-hybridized carbons (Fsp3) is 0.780. The molecule has 3 unspecified atom stereocenters. The molecule has 0 aromatic rings. The number of allylic oxidation sites excluding steroid dienone is 9. The van der Waals surface area contributed by atoms with E-state index < -0.39 is 20.0 Å². The Hall–Kier alpha value is -1.80. The predicted molar refractivity (Wildman–Crippen MR) is 254 cm³/mol. The van der Waals surface area contributed by atoms with Crippen LogP contribution in [0.4, 0.5) is 0 Å². The van der Waals surface area contributed by atoms with Crippen LogP contribution >= 0.6 is 7.82 Å². The van der Waals surface area contributed by atoms with Gasteiger partial charge in [-0.3, -0.25) is 13.8 Å². The maximum Gasteiger partial charge on any atom is 0.472 e. The first kappa shape index (κ1) is 57.2. The van der Waals surface area contributed by atoms with Crippen LogP contribution in [-0.4, -0.2) is 73.4 Å². The van der Waals surface area contributed by atoms with Gasteiger partial charge in [-0.1, -0.05) is 177 Å². The van der Waals surface area contributed by atoms with Crippen LogP contribution in [0, 0.1) is 0 Å². The number of phosphoric acid groups is 1. The van der Waals surface area contributed by atoms with E-state index in [0.29, 0.717) is 17.4 Å². The zero-order chi connectivity index (χ0) is 43.6. The lowest BCUT2D eigenvalue weighted by atomic mass is 10.1. The van der Waals surface area contributed by atoms with E-state index in [1.807, 2.05) is 27.2 Å². The van der Waals surface area contributed by atoms with E-state index >= 15 is 0 Å². The van der Waals surface area contributed by atoms with Crippen LogP contribution < -0.4 is 5.32 Å². The van der Waals surface area contributed by atoms with E-state index in [4.69, 9.17) is 9.05 Å². The van der Waals surface area contributed by atoms with Gasteiger partial charge in [0.25, 0.3) is 0 Å². The number of phosphoric ester groups is 1. The van der Waals surface area contributed by atoms with Crippen molar-refractivity contribution in [2.24, 2.45) is 0 Å². The van der Waals surface area contributed by atoms with Crippen molar-refractivity contribution in [3.8, 4) is 0 Å². The van der Waals surface area contributed by atoms with E-state index in [1.54, 1.807) is 6.08 Å². The van der Waals surface area contributed by atoms with Crippen LogP contribution in [-0.2, 0) is 18.4 Å². The van der Waals surface area contributed by atoms with Gasteiger partial charge in [0.15, 0.2) is 0 Å². The number of carbonyl (C=O) groups excluding carboxylic acids is 1. The molecule has 0 bridgehead atoms. The maximum absolute atomic E-state index is 12.9. The Balaban J connectivity index is 4.47. The Morgan fingerprint density at radius 2 is 0.983 bits per heavy atom. The average molecular weight is 850 g/mol. The summed E-state index contributed by atoms with van der Waals surface area (Å²) in [4.78, 5) is 23.2. The summed E-state index contributed by atoms with van der Waals surface area (Å²) in [6, 6.07) is -0.875. The van der Waals surface area contributed by atoms with Gasteiger partial charge in [0.05, 0.1) is 39.9 Å². The van der Waals surface area contributed by atoms with Crippen LogP contribution in [0.25, 0.3) is 0 Å². The highest BCUT2D eigenvalue weighted by molar-refractivity contribution is 7.47. The van der Waals surface area contributed by atoms with Gasteiger partial charge in [-0.05, 0) is 77.0 Å². The number of unbranched alkanes of at least 4 members (excludes halogenated alkanes) is 22. The third kappa shape index (κ3) is 44.1. The number of nitrogens with zero attached hydrogens (tertiary/aromatic N) is 1. The van der Waals surface area contributed by atoms with Gasteiger partial charge in [-0.2, -0.15) is 0 Å². The first-order chi connectivity index (χ1) is 28.5. The molecular weight excluding hydrogens is 756 g/mol. The molecule has 9 heteroatoms. The molecule has 0 aliphatic heterocycles. The number of aliphatic hydroxyl groups is 1. The highest BCUT2D eigenvalue weighted by atomic mass is 31.2. The summed E-state index contributed by atoms with van der Waals surface area (Å²) in [5.74, 6) is -0.201. The number of amides is 1. The van der Waals surface area contributed by atoms with E-state index in [1.165, 1.54) is 116 Å². The Bertz CT molecular complexity index is 1140. The number of hydrogen-bond acceptors (Lipinski definition) is 5. The molecule has 0 radical (unpaired) electrons. The van der Waals surface area contributed by atoms with Crippen molar-refractivity contribution < 1.29 is 32.9 Å². The number of aliphatic hydroxyl groups excluding tert-OH is 1. The molecular formula is C50H94N2O6P+. The van der Waals surface area contributed by atoms with Crippen molar-refractivity contribution in [2.75, 3.05) is 40.9 Å². The minimum atomic E-state index is -4.36. The molecule has 8 nitrogen and oxygen atoms in total. The molecule has 1 amide bonds. The lowest BCUT2D eigenvalue weighted by molar-refractivity contribution is -0.870. The van der Waals surface area contributed by atoms with E-state index in [-0.39, 0.29) is 19.1 Å². The van der Waals surface area contributed by atoms with Crippen molar-refractivity contribution in [3.05, 3.63) is 60.8 Å². The predicted octanol–water partition coefficient (Wildman–Crippen LogP) is 13.8. The summed E-state index contributed by atoms with van der Waals surface area (Å²) in [6.07, 6.45) is 54.4. The maximum atomic E-state index is 12.9. The molecule has 3 N–H and O–H groups in total. The van der Waals surface area contributed by atoms with Crippen LogP contribution in [0.1, 0.15) is 200 Å². The summed E-state index contributed by atoms with van der Waals surface area (Å²) in [7, 11) is 1.53. The number of quaternary nitrogens is 1. The topological polar surface area (TPSA) is 105 Å². The molecule has 0 saturated carbocycles. The second-order valence-electron chi connectivity index (χ2n) is 17.5. The molecule has 0 heterocycles. The first-order valence-corrected chi connectivity index (χ1v) is 25.7. The molecule has 0 rings (SSSR count). The van der Waals surface area contributed by atoms with E-state index in [9.17, 15) is 19.4 Å². The molecule has 0 aliphatic carbocycles. The Labute approximate surface area is 364 Å². The van der Waals surface area contributed by atoms with Gasteiger partial charge in [-0.15, -0.1) is 0 Å². The van der Waals surface area contributed by atoms with Crippen LogP contribution in [0.15, 0.2) is 60.8 Å². The number of likely N-dealkylation sites (N-methyl/N-ethyl adjacent to an activating group) is 1. The second-order valence-corrected chi connectivity index (χ2v) is 18.9. The lowest BCUT2D eigenvalue weighted by Crippen LogP contribution is -2.45. The highest BCUT2D eigenvalue weighted by Crippen LogP contribution is 2.43. The summed E-state index contributed by atoms with van der Waals surface area (Å²) in [6.45, 7) is 4.75. The smallest absolute Gasteiger partial charge is 0.387 e. The van der Waals surface area contributed by atoms with Crippen molar-refractivity contribution in [2.45, 2.75) is 212 Å². The van der Waals surface area contributed by atoms with Gasteiger partial charge in [0, 0.05) is 6.42 Å². The normalized spacial score (nSPS) is 14.8. The second kappa shape index (κ2) is 41.5. The summed E-state index contributed by atoms with van der Waals surface area (Å²) in [5, 5.41) is 13.8. The van der Waals surface area contributed by atoms with E-state index in [0.717, 1.165) is 64.2 Å². The Kier molecular flexibility index (Phi) is 40.3. The van der Waals surface area contributed by atoms with Crippen molar-refractivity contribution in [1.82, 2.24) is 5.32 Å². The molecule has 0 aromatic carbocycles. The lowest BCUT2D eigenvalue weighted by Gasteiger charge is -2.25. The van der Waals surface area contributed by atoms with Gasteiger partial charge in [0.2, 0.25) is 5.91 Å². The fourth-order valence-electron chi connectivity index (χ4n) is 6.57. The van der Waals surface area contributed by atoms with Crippen molar-refractivity contribution in [1.29, 1.82) is 0 Å². The monoisotopic (exact) mass is 850 g/mol. The average Bonchev–Trinajstić information content (AvgIpc) is 3.19. The minimum Gasteiger partial charge on any atom is -0.387 e. The zero-order valence-corrected chi connectivity index (χ0v) is 39.9. The van der Waals surface area contributed by atoms with Gasteiger partial charge < -0.3 is 19.8 Å². The summed E-state index contributed by atoms with van der Waals surface area (Å²) >= 11 is 0. The number of rotatable bonds is 43. The van der Waals surface area contributed by atoms with Crippen LogP contribution in [0.3, 0.4) is 0 Å². The first-order valence-electron chi connectivity index (χ1n) is 24.2. The molecule has 59 heavy (non-hydrogen) atoms. The van der Waals surface area contributed by atoms with Crippen molar-refractivity contribution in [3.63, 3.8) is 0 Å². The van der Waals surface area contributed by atoms with Crippen molar-refractivity contribution >= 4 is 13.7 Å². The number of carbonyl (C=O) groups is 1. The SMILES string of the molecule is CCCCC/C=C\C/C=C\CCCCCCCCCC(=O)NC(COP(=O)(O)OCC[N+](C)(C)C)C(O)/C=C/CC/C=C/CC/C=C/CCCCCCCCCCCC. The molecule has 0 fully saturated rings. The summed E-state index contributed by atoms with van der Waals surface area (Å²) < 4.78 is 23.6. The standard InChI is InChI=1S/C50H93N2O6P/c1-6-8-10-12-14-16-18-20-22-24-25-26-28-29-31-33-35-37-39-41-43-49(53)48(47-58-59(55,56)57-46-45-52(3,4)5)51-50(54)44-42-40-38-36-34-32-30-27-23-21-19-17-15-13-11-9-7-2/h15,17,21,23,26,28,33,35,41,43,48-49,53H,6-14,16,18-20,22,24-25,27,29-32,34,36-40,42,44-47H2,1-5H3,(H-,51,54,55,56)/p+1/b17-15-,23-21-,28-26+,35-33+,43-41+. The van der Waals surface area contributed by atoms with E-state index in [2.05, 4.69) is 67.8 Å². The number of nitrogens with one attached hydrogen (secondary N) is 1. The van der Waals surface area contributed by atoms with Gasteiger partial charge >= 0.3 is 7.82 Å².